The molecule has 136 valence electrons. The predicted molar refractivity (Wildman–Crippen MR) is 101 cm³/mol. The molecular weight excluding hydrogens is 314 g/mol. The van der Waals surface area contributed by atoms with E-state index in [1.807, 2.05) is 19.3 Å². The minimum atomic E-state index is 0.619. The SMILES string of the molecule is CN=C(NCC1CN2CCN1CC2)N1CCN(c2ccccn2)CC1. The summed E-state index contributed by atoms with van der Waals surface area (Å²) in [7, 11) is 1.89. The highest BCUT2D eigenvalue weighted by Crippen LogP contribution is 2.15. The van der Waals surface area contributed by atoms with E-state index in [0.29, 0.717) is 6.04 Å². The minimum Gasteiger partial charge on any atom is -0.355 e. The van der Waals surface area contributed by atoms with Crippen LogP contribution in [0.15, 0.2) is 29.4 Å². The van der Waals surface area contributed by atoms with Crippen LogP contribution in [0.25, 0.3) is 0 Å². The van der Waals surface area contributed by atoms with E-state index >= 15 is 0 Å². The summed E-state index contributed by atoms with van der Waals surface area (Å²) in [5, 5.41) is 3.62. The van der Waals surface area contributed by atoms with Gasteiger partial charge in [0.2, 0.25) is 0 Å². The highest BCUT2D eigenvalue weighted by atomic mass is 15.4. The van der Waals surface area contributed by atoms with Gasteiger partial charge < -0.3 is 15.1 Å². The van der Waals surface area contributed by atoms with Crippen LogP contribution < -0.4 is 10.2 Å². The molecule has 1 atom stereocenters. The Hall–Kier alpha value is -1.86. The first-order valence-electron chi connectivity index (χ1n) is 9.41. The number of guanidine groups is 1. The molecule has 0 saturated carbocycles. The van der Waals surface area contributed by atoms with E-state index in [9.17, 15) is 0 Å². The van der Waals surface area contributed by atoms with Gasteiger partial charge in [0.05, 0.1) is 0 Å². The molecule has 0 amide bonds. The maximum atomic E-state index is 4.52. The van der Waals surface area contributed by atoms with Crippen molar-refractivity contribution in [2.45, 2.75) is 6.04 Å². The van der Waals surface area contributed by atoms with Gasteiger partial charge in [-0.05, 0) is 12.1 Å². The Balaban J connectivity index is 1.28. The first-order chi connectivity index (χ1) is 12.3. The van der Waals surface area contributed by atoms with Gasteiger partial charge in [0.1, 0.15) is 5.82 Å². The first kappa shape index (κ1) is 16.6. The Morgan fingerprint density at radius 3 is 2.52 bits per heavy atom. The average molecular weight is 343 g/mol. The van der Waals surface area contributed by atoms with Gasteiger partial charge in [0, 0.05) is 84.7 Å². The molecule has 0 aliphatic carbocycles. The van der Waals surface area contributed by atoms with Crippen molar-refractivity contribution < 1.29 is 0 Å². The van der Waals surface area contributed by atoms with E-state index in [2.05, 4.69) is 47.0 Å². The number of aromatic nitrogens is 1. The normalized spacial score (nSPS) is 29.8. The van der Waals surface area contributed by atoms with Gasteiger partial charge in [-0.25, -0.2) is 4.98 Å². The molecule has 0 radical (unpaired) electrons. The zero-order valence-corrected chi connectivity index (χ0v) is 15.1. The summed E-state index contributed by atoms with van der Waals surface area (Å²) in [5.41, 5.74) is 0. The number of fused-ring (bicyclic) bond motifs is 3. The fourth-order valence-corrected chi connectivity index (χ4v) is 4.15. The van der Waals surface area contributed by atoms with Crippen molar-refractivity contribution in [1.29, 1.82) is 0 Å². The van der Waals surface area contributed by atoms with E-state index < -0.39 is 0 Å². The smallest absolute Gasteiger partial charge is 0.193 e. The average Bonchev–Trinajstić information content (AvgIpc) is 2.70. The topological polar surface area (TPSA) is 50.2 Å². The maximum Gasteiger partial charge on any atom is 0.193 e. The second-order valence-corrected chi connectivity index (χ2v) is 7.08. The summed E-state index contributed by atoms with van der Waals surface area (Å²) in [6.45, 7) is 11.0. The number of nitrogens with one attached hydrogen (secondary N) is 1. The second-order valence-electron chi connectivity index (χ2n) is 7.08. The molecule has 1 aromatic heterocycles. The molecule has 4 aliphatic rings. The minimum absolute atomic E-state index is 0.619. The molecule has 2 bridgehead atoms. The Labute approximate surface area is 150 Å². The summed E-state index contributed by atoms with van der Waals surface area (Å²) in [6, 6.07) is 6.73. The summed E-state index contributed by atoms with van der Waals surface area (Å²) in [4.78, 5) is 18.9. The predicted octanol–water partition coefficient (Wildman–Crippen LogP) is -0.221. The zero-order chi connectivity index (χ0) is 17.1. The third-order valence-corrected chi connectivity index (χ3v) is 5.65. The van der Waals surface area contributed by atoms with Gasteiger partial charge >= 0.3 is 0 Å². The van der Waals surface area contributed by atoms with Crippen LogP contribution in [0.5, 0.6) is 0 Å². The van der Waals surface area contributed by atoms with E-state index in [1.165, 1.54) is 32.7 Å². The van der Waals surface area contributed by atoms with Gasteiger partial charge in [0.15, 0.2) is 5.96 Å². The van der Waals surface area contributed by atoms with Crippen LogP contribution in [0, 0.1) is 0 Å². The van der Waals surface area contributed by atoms with Crippen molar-refractivity contribution in [3.63, 3.8) is 0 Å². The molecule has 1 aromatic rings. The lowest BCUT2D eigenvalue weighted by molar-refractivity contribution is 0.0152. The number of aliphatic imine (C=N–C) groups is 1. The quantitative estimate of drug-likeness (QED) is 0.605. The molecule has 4 saturated heterocycles. The standard InChI is InChI=1S/C18H29N7/c1-19-18(21-14-16-15-22-6-8-23(16)9-7-22)25-12-10-24(11-13-25)17-4-2-3-5-20-17/h2-5,16H,6-15H2,1H3,(H,19,21). The number of pyridine rings is 1. The molecule has 5 rings (SSSR count). The highest BCUT2D eigenvalue weighted by Gasteiger charge is 2.32. The number of anilines is 1. The first-order valence-corrected chi connectivity index (χ1v) is 9.41. The molecule has 0 spiro atoms. The lowest BCUT2D eigenvalue weighted by atomic mass is 10.1. The van der Waals surface area contributed by atoms with Crippen molar-refractivity contribution in [2.75, 3.05) is 77.4 Å². The molecule has 7 heteroatoms. The number of piperazine rings is 4. The lowest BCUT2D eigenvalue weighted by Gasteiger charge is -2.47. The summed E-state index contributed by atoms with van der Waals surface area (Å²) >= 11 is 0. The molecule has 0 aromatic carbocycles. The summed E-state index contributed by atoms with van der Waals surface area (Å²) < 4.78 is 0. The Morgan fingerprint density at radius 1 is 1.12 bits per heavy atom. The van der Waals surface area contributed by atoms with Crippen molar-refractivity contribution in [1.82, 2.24) is 25.0 Å². The van der Waals surface area contributed by atoms with E-state index in [1.54, 1.807) is 0 Å². The Kier molecular flexibility index (Phi) is 5.03. The molecule has 25 heavy (non-hydrogen) atoms. The van der Waals surface area contributed by atoms with Crippen LogP contribution in [0.2, 0.25) is 0 Å². The van der Waals surface area contributed by atoms with Gasteiger partial charge in [0.25, 0.3) is 0 Å². The van der Waals surface area contributed by atoms with Crippen LogP contribution in [0.1, 0.15) is 0 Å². The van der Waals surface area contributed by atoms with Crippen molar-refractivity contribution in [2.24, 2.45) is 4.99 Å². The van der Waals surface area contributed by atoms with Crippen molar-refractivity contribution in [3.8, 4) is 0 Å². The van der Waals surface area contributed by atoms with Gasteiger partial charge in [-0.15, -0.1) is 0 Å². The van der Waals surface area contributed by atoms with Gasteiger partial charge in [-0.3, -0.25) is 14.8 Å². The van der Waals surface area contributed by atoms with Crippen LogP contribution in [0.3, 0.4) is 0 Å². The number of nitrogens with zero attached hydrogens (tertiary/aromatic N) is 6. The van der Waals surface area contributed by atoms with E-state index in [4.69, 9.17) is 0 Å². The Bertz CT molecular complexity index is 574. The third kappa shape index (κ3) is 3.72. The van der Waals surface area contributed by atoms with Gasteiger partial charge in [-0.1, -0.05) is 6.07 Å². The number of rotatable bonds is 3. The van der Waals surface area contributed by atoms with E-state index in [0.717, 1.165) is 44.5 Å². The van der Waals surface area contributed by atoms with Crippen LogP contribution >= 0.6 is 0 Å². The Morgan fingerprint density at radius 2 is 1.92 bits per heavy atom. The molecular formula is C18H29N7. The number of hydrogen-bond acceptors (Lipinski definition) is 5. The van der Waals surface area contributed by atoms with Gasteiger partial charge in [-0.2, -0.15) is 0 Å². The fraction of sp³-hybridized carbons (Fsp3) is 0.667. The lowest BCUT2D eigenvalue weighted by Crippen LogP contribution is -2.64. The molecule has 5 heterocycles. The molecule has 7 nitrogen and oxygen atoms in total. The number of hydrogen-bond donors (Lipinski definition) is 1. The summed E-state index contributed by atoms with van der Waals surface area (Å²) in [6.07, 6.45) is 1.87. The molecule has 1 N–H and O–H groups in total. The molecule has 1 unspecified atom stereocenters. The fourth-order valence-electron chi connectivity index (χ4n) is 4.15. The third-order valence-electron chi connectivity index (χ3n) is 5.65. The molecule has 4 fully saturated rings. The largest absolute Gasteiger partial charge is 0.355 e. The maximum absolute atomic E-state index is 4.52. The van der Waals surface area contributed by atoms with Crippen LogP contribution in [-0.4, -0.2) is 104 Å². The van der Waals surface area contributed by atoms with Crippen molar-refractivity contribution >= 4 is 11.8 Å². The van der Waals surface area contributed by atoms with Crippen LogP contribution in [0.4, 0.5) is 5.82 Å². The van der Waals surface area contributed by atoms with E-state index in [-0.39, 0.29) is 0 Å². The highest BCUT2D eigenvalue weighted by molar-refractivity contribution is 5.80. The van der Waals surface area contributed by atoms with Crippen molar-refractivity contribution in [3.05, 3.63) is 24.4 Å². The molecule has 4 aliphatic heterocycles. The second kappa shape index (κ2) is 7.58. The zero-order valence-electron chi connectivity index (χ0n) is 15.1. The summed E-state index contributed by atoms with van der Waals surface area (Å²) in [5.74, 6) is 2.11. The van der Waals surface area contributed by atoms with Crippen LogP contribution in [-0.2, 0) is 0 Å². The monoisotopic (exact) mass is 343 g/mol.